The minimum atomic E-state index is 0.705. The number of nitrogens with one attached hydrogen (secondary N) is 1. The van der Waals surface area contributed by atoms with Crippen LogP contribution in [0.25, 0.3) is 0 Å². The molecular weight excluding hydrogens is 162 g/mol. The van der Waals surface area contributed by atoms with Crippen molar-refractivity contribution in [1.29, 1.82) is 5.53 Å². The fourth-order valence-corrected chi connectivity index (χ4v) is 1.33. The molecule has 0 bridgehead atoms. The topological polar surface area (TPSA) is 41.2 Å². The van der Waals surface area contributed by atoms with Gasteiger partial charge in [0.1, 0.15) is 0 Å². The lowest BCUT2D eigenvalue weighted by atomic mass is 10.2. The SMILES string of the molecule is CCN(CC)c1ccc([N+]=N)cc1. The van der Waals surface area contributed by atoms with E-state index in [4.69, 9.17) is 5.53 Å². The molecule has 0 aromatic heterocycles. The highest BCUT2D eigenvalue weighted by Crippen LogP contribution is 2.16. The number of rotatable bonds is 4. The van der Waals surface area contributed by atoms with E-state index in [-0.39, 0.29) is 0 Å². The van der Waals surface area contributed by atoms with Crippen molar-refractivity contribution in [3.05, 3.63) is 24.3 Å². The molecule has 0 amide bonds. The second kappa shape index (κ2) is 4.60. The normalized spacial score (nSPS) is 9.69. The summed E-state index contributed by atoms with van der Waals surface area (Å²) in [6.45, 7) is 6.28. The van der Waals surface area contributed by atoms with E-state index < -0.39 is 0 Å². The Morgan fingerprint density at radius 1 is 1.15 bits per heavy atom. The first-order chi connectivity index (χ1) is 6.31. The van der Waals surface area contributed by atoms with E-state index in [1.165, 1.54) is 5.69 Å². The van der Waals surface area contributed by atoms with Gasteiger partial charge in [-0.3, -0.25) is 0 Å². The lowest BCUT2D eigenvalue weighted by molar-refractivity contribution is 0.866. The second-order valence-corrected chi connectivity index (χ2v) is 2.80. The fraction of sp³-hybridized carbons (Fsp3) is 0.400. The van der Waals surface area contributed by atoms with Crippen molar-refractivity contribution in [3.8, 4) is 0 Å². The number of anilines is 1. The average molecular weight is 177 g/mol. The van der Waals surface area contributed by atoms with Gasteiger partial charge in [0.05, 0.1) is 0 Å². The maximum Gasteiger partial charge on any atom is 0.312 e. The summed E-state index contributed by atoms with van der Waals surface area (Å²) in [5, 5.41) is 3.35. The van der Waals surface area contributed by atoms with E-state index in [0.717, 1.165) is 13.1 Å². The van der Waals surface area contributed by atoms with Gasteiger partial charge in [0.2, 0.25) is 5.11 Å². The van der Waals surface area contributed by atoms with Crippen LogP contribution in [0.15, 0.2) is 24.3 Å². The van der Waals surface area contributed by atoms with Crippen molar-refractivity contribution in [2.24, 2.45) is 0 Å². The molecule has 13 heavy (non-hydrogen) atoms. The fourth-order valence-electron chi connectivity index (χ4n) is 1.33. The van der Waals surface area contributed by atoms with E-state index in [1.807, 2.05) is 24.3 Å². The van der Waals surface area contributed by atoms with Gasteiger partial charge in [0, 0.05) is 36.4 Å². The van der Waals surface area contributed by atoms with Crippen LogP contribution in [0.1, 0.15) is 13.8 Å². The molecule has 3 heteroatoms. The summed E-state index contributed by atoms with van der Waals surface area (Å²) in [6.07, 6.45) is 0. The Bertz CT molecular complexity index is 262. The second-order valence-electron chi connectivity index (χ2n) is 2.80. The molecule has 0 unspecified atom stereocenters. The van der Waals surface area contributed by atoms with Gasteiger partial charge in [-0.25, -0.2) is 0 Å². The Morgan fingerprint density at radius 2 is 1.69 bits per heavy atom. The summed E-state index contributed by atoms with van der Waals surface area (Å²) < 4.78 is 0. The van der Waals surface area contributed by atoms with E-state index in [9.17, 15) is 0 Å². The first-order valence-corrected chi connectivity index (χ1v) is 4.54. The highest BCUT2D eigenvalue weighted by molar-refractivity contribution is 5.51. The van der Waals surface area contributed by atoms with E-state index in [0.29, 0.717) is 5.69 Å². The number of hydrogen-bond donors (Lipinski definition) is 1. The van der Waals surface area contributed by atoms with Crippen LogP contribution in [0.2, 0.25) is 0 Å². The van der Waals surface area contributed by atoms with Gasteiger partial charge in [0.15, 0.2) is 0 Å². The minimum absolute atomic E-state index is 0.705. The van der Waals surface area contributed by atoms with Crippen molar-refractivity contribution >= 4 is 11.4 Å². The lowest BCUT2D eigenvalue weighted by Crippen LogP contribution is -2.21. The molecule has 0 saturated heterocycles. The van der Waals surface area contributed by atoms with Crippen LogP contribution in [-0.2, 0) is 0 Å². The number of hydrogen-bond acceptors (Lipinski definition) is 3. The summed E-state index contributed by atoms with van der Waals surface area (Å²) in [5.74, 6) is 0. The Hall–Kier alpha value is -1.38. The highest BCUT2D eigenvalue weighted by atomic mass is 15.1. The van der Waals surface area contributed by atoms with Gasteiger partial charge in [-0.2, -0.15) is 0 Å². The molecule has 0 spiro atoms. The summed E-state index contributed by atoms with van der Waals surface area (Å²) >= 11 is 0. The first-order valence-electron chi connectivity index (χ1n) is 4.54. The van der Waals surface area contributed by atoms with Crippen molar-refractivity contribution in [1.82, 2.24) is 5.11 Å². The molecule has 1 rings (SSSR count). The Kier molecular flexibility index (Phi) is 3.43. The standard InChI is InChI=1S/C10H15N3/c1-3-13(4-2)10-7-5-9(12-11)6-8-10/h5-8,11H,3-4H2,1-2H3/q+1. The van der Waals surface area contributed by atoms with Crippen LogP contribution in [-0.4, -0.2) is 13.1 Å². The Labute approximate surface area is 78.9 Å². The van der Waals surface area contributed by atoms with Crippen LogP contribution >= 0.6 is 0 Å². The molecule has 0 aliphatic rings. The molecule has 0 fully saturated rings. The average Bonchev–Trinajstić information content (AvgIpc) is 2.21. The molecule has 69 valence electrons. The predicted octanol–water partition coefficient (Wildman–Crippen LogP) is 2.53. The quantitative estimate of drug-likeness (QED) is 0.705. The van der Waals surface area contributed by atoms with Crippen molar-refractivity contribution < 1.29 is 0 Å². The third-order valence-electron chi connectivity index (χ3n) is 2.11. The molecule has 0 saturated carbocycles. The van der Waals surface area contributed by atoms with Gasteiger partial charge in [-0.1, -0.05) is 0 Å². The monoisotopic (exact) mass is 177 g/mol. The van der Waals surface area contributed by atoms with E-state index in [2.05, 4.69) is 23.9 Å². The summed E-state index contributed by atoms with van der Waals surface area (Å²) in [7, 11) is 0. The zero-order valence-corrected chi connectivity index (χ0v) is 8.12. The summed E-state index contributed by atoms with van der Waals surface area (Å²) in [4.78, 5) is 2.26. The zero-order chi connectivity index (χ0) is 9.68. The van der Waals surface area contributed by atoms with Crippen LogP contribution in [0.3, 0.4) is 0 Å². The van der Waals surface area contributed by atoms with Crippen molar-refractivity contribution in [2.75, 3.05) is 18.0 Å². The molecular formula is C10H15N3+. The predicted molar refractivity (Wildman–Crippen MR) is 54.5 cm³/mol. The maximum absolute atomic E-state index is 6.82. The molecule has 1 radical (unpaired) electrons. The van der Waals surface area contributed by atoms with Crippen molar-refractivity contribution in [2.45, 2.75) is 13.8 Å². The van der Waals surface area contributed by atoms with E-state index in [1.54, 1.807) is 0 Å². The lowest BCUT2D eigenvalue weighted by Gasteiger charge is -2.20. The molecule has 0 atom stereocenters. The van der Waals surface area contributed by atoms with Crippen LogP contribution in [0, 0.1) is 5.53 Å². The molecule has 3 nitrogen and oxygen atoms in total. The largest absolute Gasteiger partial charge is 0.372 e. The van der Waals surface area contributed by atoms with E-state index >= 15 is 0 Å². The molecule has 1 aromatic carbocycles. The minimum Gasteiger partial charge on any atom is -0.372 e. The third-order valence-corrected chi connectivity index (χ3v) is 2.11. The number of benzene rings is 1. The Balaban J connectivity index is 2.83. The third kappa shape index (κ3) is 2.28. The van der Waals surface area contributed by atoms with Gasteiger partial charge in [-0.15, -0.1) is 0 Å². The van der Waals surface area contributed by atoms with Crippen LogP contribution < -0.4 is 10.0 Å². The number of nitrogens with zero attached hydrogens (tertiary/aromatic N) is 2. The molecule has 1 N–H and O–H groups in total. The first kappa shape index (κ1) is 9.71. The van der Waals surface area contributed by atoms with Crippen LogP contribution in [0.5, 0.6) is 0 Å². The molecule has 1 aromatic rings. The molecule has 0 aliphatic heterocycles. The van der Waals surface area contributed by atoms with Crippen LogP contribution in [0.4, 0.5) is 11.4 Å². The Morgan fingerprint density at radius 3 is 2.08 bits per heavy atom. The van der Waals surface area contributed by atoms with Gasteiger partial charge in [-0.05, 0) is 26.0 Å². The zero-order valence-electron chi connectivity index (χ0n) is 8.12. The summed E-state index contributed by atoms with van der Waals surface area (Å²) in [6, 6.07) is 7.72. The highest BCUT2D eigenvalue weighted by Gasteiger charge is 2.04. The molecule has 0 heterocycles. The smallest absolute Gasteiger partial charge is 0.312 e. The summed E-state index contributed by atoms with van der Waals surface area (Å²) in [5.41, 5.74) is 8.72. The van der Waals surface area contributed by atoms with Crippen molar-refractivity contribution in [3.63, 3.8) is 0 Å². The molecule has 0 aliphatic carbocycles. The van der Waals surface area contributed by atoms with Gasteiger partial charge >= 0.3 is 5.69 Å². The maximum atomic E-state index is 6.82. The van der Waals surface area contributed by atoms with Gasteiger partial charge in [0.25, 0.3) is 0 Å². The van der Waals surface area contributed by atoms with Gasteiger partial charge < -0.3 is 4.90 Å².